The van der Waals surface area contributed by atoms with Crippen molar-refractivity contribution in [3.63, 3.8) is 0 Å². The van der Waals surface area contributed by atoms with Crippen LogP contribution in [-0.2, 0) is 0 Å². The summed E-state index contributed by atoms with van der Waals surface area (Å²) in [5, 5.41) is 20.7. The van der Waals surface area contributed by atoms with Crippen LogP contribution < -0.4 is 0 Å². The Morgan fingerprint density at radius 1 is 1.14 bits per heavy atom. The molecular formula is C20H18N4O3S. The summed E-state index contributed by atoms with van der Waals surface area (Å²) in [6, 6.07) is 11.7. The molecule has 0 aliphatic rings. The fourth-order valence-electron chi connectivity index (χ4n) is 3.27. The molecule has 2 aromatic heterocycles. The Balaban J connectivity index is 1.97. The number of imidazole rings is 1. The number of aromatic amines is 1. The Labute approximate surface area is 165 Å². The van der Waals surface area contributed by atoms with E-state index < -0.39 is 0 Å². The molecule has 0 saturated carbocycles. The van der Waals surface area contributed by atoms with Gasteiger partial charge in [-0.3, -0.25) is 9.13 Å². The third-order valence-electron chi connectivity index (χ3n) is 4.57. The maximum Gasteiger partial charge on any atom is 0.328 e. The zero-order chi connectivity index (χ0) is 20.0. The number of phenolic OH excluding ortho intramolecular Hbond substituents is 2. The lowest BCUT2D eigenvalue weighted by Gasteiger charge is -2.14. The van der Waals surface area contributed by atoms with Crippen molar-refractivity contribution in [2.45, 2.75) is 0 Å². The first-order valence-electron chi connectivity index (χ1n) is 8.53. The number of phenols is 2. The van der Waals surface area contributed by atoms with Crippen LogP contribution >= 0.6 is 12.2 Å². The number of aromatic hydroxyl groups is 2. The lowest BCUT2D eigenvalue weighted by Crippen LogP contribution is -2.26. The monoisotopic (exact) mass is 394 g/mol. The van der Waals surface area contributed by atoms with Gasteiger partial charge in [0, 0.05) is 43.5 Å². The van der Waals surface area contributed by atoms with Crippen molar-refractivity contribution in [2.24, 2.45) is 0 Å². The van der Waals surface area contributed by atoms with Crippen LogP contribution in [0, 0.1) is 4.77 Å². The van der Waals surface area contributed by atoms with Crippen LogP contribution in [0.1, 0.15) is 0 Å². The molecule has 0 spiro atoms. The van der Waals surface area contributed by atoms with E-state index in [1.165, 1.54) is 17.0 Å². The molecular weight excluding hydrogens is 376 g/mol. The lowest BCUT2D eigenvalue weighted by molar-refractivity contribution is 0.220. The summed E-state index contributed by atoms with van der Waals surface area (Å²) in [7, 11) is 3.40. The zero-order valence-electron chi connectivity index (χ0n) is 15.2. The molecule has 0 radical (unpaired) electrons. The van der Waals surface area contributed by atoms with Gasteiger partial charge in [-0.15, -0.1) is 0 Å². The zero-order valence-corrected chi connectivity index (χ0v) is 16.1. The lowest BCUT2D eigenvalue weighted by atomic mass is 10.1. The number of carbonyl (C=O) groups excluding carboxylic acids is 1. The van der Waals surface area contributed by atoms with E-state index in [2.05, 4.69) is 4.98 Å². The fourth-order valence-corrected chi connectivity index (χ4v) is 3.53. The van der Waals surface area contributed by atoms with Crippen LogP contribution in [0.3, 0.4) is 0 Å². The molecule has 4 rings (SSSR count). The van der Waals surface area contributed by atoms with Gasteiger partial charge in [0.15, 0.2) is 4.77 Å². The van der Waals surface area contributed by atoms with Crippen LogP contribution in [0.4, 0.5) is 4.79 Å². The number of fused-ring (bicyclic) bond motifs is 1. The molecule has 8 heteroatoms. The molecule has 0 fully saturated rings. The number of hydrogen-bond acceptors (Lipinski definition) is 4. The van der Waals surface area contributed by atoms with Gasteiger partial charge in [-0.2, -0.15) is 0 Å². The molecule has 28 heavy (non-hydrogen) atoms. The largest absolute Gasteiger partial charge is 0.508 e. The molecule has 0 saturated heterocycles. The highest BCUT2D eigenvalue weighted by molar-refractivity contribution is 7.71. The van der Waals surface area contributed by atoms with Crippen LogP contribution in [0.25, 0.3) is 27.8 Å². The van der Waals surface area contributed by atoms with Crippen molar-refractivity contribution >= 4 is 29.2 Å². The maximum absolute atomic E-state index is 12.4. The molecule has 0 aliphatic carbocycles. The van der Waals surface area contributed by atoms with Gasteiger partial charge in [0.25, 0.3) is 0 Å². The number of amides is 1. The second kappa shape index (κ2) is 6.58. The highest BCUT2D eigenvalue weighted by Crippen LogP contribution is 2.35. The number of aromatic nitrogens is 3. The number of carbonyl (C=O) groups is 1. The van der Waals surface area contributed by atoms with Gasteiger partial charge < -0.3 is 20.1 Å². The molecule has 0 atom stereocenters. The molecule has 2 heterocycles. The molecule has 3 N–H and O–H groups in total. The van der Waals surface area contributed by atoms with Gasteiger partial charge in [0.05, 0.1) is 16.9 Å². The van der Waals surface area contributed by atoms with Gasteiger partial charge in [0.2, 0.25) is 0 Å². The fraction of sp³-hybridized carbons (Fsp3) is 0.100. The summed E-state index contributed by atoms with van der Waals surface area (Å²) in [6.45, 7) is 0. The summed E-state index contributed by atoms with van der Waals surface area (Å²) >= 11 is 5.48. The summed E-state index contributed by atoms with van der Waals surface area (Å²) < 4.78 is 3.82. The normalized spacial score (nSPS) is 11.1. The predicted molar refractivity (Wildman–Crippen MR) is 110 cm³/mol. The van der Waals surface area contributed by atoms with E-state index in [0.29, 0.717) is 16.0 Å². The minimum absolute atomic E-state index is 0.0247. The van der Waals surface area contributed by atoms with Crippen LogP contribution in [0.15, 0.2) is 54.9 Å². The van der Waals surface area contributed by atoms with E-state index in [4.69, 9.17) is 12.2 Å². The standard InChI is InChI=1S/C20H18N4O3S/c1-22(2)20(27)23-9-8-13-15(23)4-3-5-16(13)24-17(11-21-19(24)28)14-7-6-12(25)10-18(14)26/h3-11,25-26H,1-2H3,(H,21,28). The molecule has 0 unspecified atom stereocenters. The van der Waals surface area contributed by atoms with Gasteiger partial charge in [0.1, 0.15) is 11.5 Å². The number of benzene rings is 2. The van der Waals surface area contributed by atoms with Crippen molar-refractivity contribution < 1.29 is 15.0 Å². The first-order chi connectivity index (χ1) is 13.4. The van der Waals surface area contributed by atoms with Crippen molar-refractivity contribution in [1.29, 1.82) is 0 Å². The Kier molecular flexibility index (Phi) is 4.20. The van der Waals surface area contributed by atoms with E-state index in [0.717, 1.165) is 16.6 Å². The van der Waals surface area contributed by atoms with Crippen molar-refractivity contribution in [2.75, 3.05) is 14.1 Å². The molecule has 1 amide bonds. The first-order valence-corrected chi connectivity index (χ1v) is 8.94. The van der Waals surface area contributed by atoms with Gasteiger partial charge >= 0.3 is 6.03 Å². The highest BCUT2D eigenvalue weighted by Gasteiger charge is 2.17. The molecule has 142 valence electrons. The molecule has 0 bridgehead atoms. The average Bonchev–Trinajstić information content (AvgIpc) is 3.24. The highest BCUT2D eigenvalue weighted by atomic mass is 32.1. The van der Waals surface area contributed by atoms with E-state index in [9.17, 15) is 15.0 Å². The van der Waals surface area contributed by atoms with Gasteiger partial charge in [-0.25, -0.2) is 4.79 Å². The second-order valence-electron chi connectivity index (χ2n) is 6.59. The number of H-pyrrole nitrogens is 1. The average molecular weight is 394 g/mol. The Bertz CT molecular complexity index is 1270. The summed E-state index contributed by atoms with van der Waals surface area (Å²) in [5.41, 5.74) is 2.68. The van der Waals surface area contributed by atoms with Gasteiger partial charge in [-0.1, -0.05) is 6.07 Å². The van der Waals surface area contributed by atoms with Crippen LogP contribution in [-0.4, -0.2) is 49.4 Å². The van der Waals surface area contributed by atoms with E-state index in [1.54, 1.807) is 41.7 Å². The topological polar surface area (TPSA) is 86.4 Å². The second-order valence-corrected chi connectivity index (χ2v) is 6.98. The third-order valence-corrected chi connectivity index (χ3v) is 4.87. The predicted octanol–water partition coefficient (Wildman–Crippen LogP) is 4.10. The first kappa shape index (κ1) is 17.9. The van der Waals surface area contributed by atoms with Crippen molar-refractivity contribution in [1.82, 2.24) is 19.0 Å². The quantitative estimate of drug-likeness (QED) is 0.447. The van der Waals surface area contributed by atoms with Crippen molar-refractivity contribution in [3.05, 3.63) is 59.6 Å². The van der Waals surface area contributed by atoms with E-state index >= 15 is 0 Å². The molecule has 4 aromatic rings. The van der Waals surface area contributed by atoms with Crippen molar-refractivity contribution in [3.8, 4) is 28.4 Å². The molecule has 0 aliphatic heterocycles. The smallest absolute Gasteiger partial charge is 0.328 e. The minimum Gasteiger partial charge on any atom is -0.508 e. The van der Waals surface area contributed by atoms with E-state index in [1.807, 2.05) is 24.3 Å². The van der Waals surface area contributed by atoms with Crippen LogP contribution in [0.2, 0.25) is 0 Å². The maximum atomic E-state index is 12.4. The summed E-state index contributed by atoms with van der Waals surface area (Å²) in [5.74, 6) is -0.0846. The summed E-state index contributed by atoms with van der Waals surface area (Å²) in [4.78, 5) is 17.0. The van der Waals surface area contributed by atoms with Gasteiger partial charge in [-0.05, 0) is 42.5 Å². The number of hydrogen-bond donors (Lipinski definition) is 3. The number of rotatable bonds is 2. The SMILES string of the molecule is CN(C)C(=O)n1ccc2c(-n3c(-c4ccc(O)cc4O)c[nH]c3=S)cccc21. The van der Waals surface area contributed by atoms with Crippen LogP contribution in [0.5, 0.6) is 11.5 Å². The molecule has 7 nitrogen and oxygen atoms in total. The Morgan fingerprint density at radius 2 is 1.93 bits per heavy atom. The summed E-state index contributed by atoms with van der Waals surface area (Å²) in [6.07, 6.45) is 3.43. The Hall–Kier alpha value is -3.52. The number of nitrogens with one attached hydrogen (secondary N) is 1. The molecule has 2 aromatic carbocycles. The minimum atomic E-state index is -0.152. The third kappa shape index (κ3) is 2.74. The number of nitrogens with zero attached hydrogens (tertiary/aromatic N) is 3. The van der Waals surface area contributed by atoms with E-state index in [-0.39, 0.29) is 17.5 Å². The Morgan fingerprint density at radius 3 is 2.64 bits per heavy atom.